The lowest BCUT2D eigenvalue weighted by atomic mass is 10.1. The molecule has 1 aliphatic heterocycles. The van der Waals surface area contributed by atoms with Crippen LogP contribution in [0.4, 0.5) is 0 Å². The third-order valence-electron chi connectivity index (χ3n) is 6.46. The molecule has 1 N–H and O–H groups in total. The zero-order chi connectivity index (χ0) is 20.2. The highest BCUT2D eigenvalue weighted by atomic mass is 16.5. The smallest absolute Gasteiger partial charge is 0.224 e. The summed E-state index contributed by atoms with van der Waals surface area (Å²) in [5.41, 5.74) is 3.49. The summed E-state index contributed by atoms with van der Waals surface area (Å²) in [6.07, 6.45) is 5.10. The topological polar surface area (TPSA) is 55.7 Å². The quantitative estimate of drug-likeness (QED) is 0.778. The Hall–Kier alpha value is -2.05. The normalized spacial score (nSPS) is 18.4. The first kappa shape index (κ1) is 20.2. The molecule has 1 aromatic carbocycles. The number of rotatable bonds is 7. The lowest BCUT2D eigenvalue weighted by Gasteiger charge is -2.27. The lowest BCUT2D eigenvalue weighted by Crippen LogP contribution is -2.38. The zero-order valence-electron chi connectivity index (χ0n) is 17.7. The minimum atomic E-state index is 0.134. The van der Waals surface area contributed by atoms with Gasteiger partial charge in [-0.1, -0.05) is 12.8 Å². The fourth-order valence-corrected chi connectivity index (χ4v) is 4.74. The van der Waals surface area contributed by atoms with Crippen molar-refractivity contribution in [1.29, 1.82) is 0 Å². The number of hydrogen-bond acceptors (Lipinski definition) is 4. The van der Waals surface area contributed by atoms with E-state index in [1.54, 1.807) is 7.11 Å². The maximum Gasteiger partial charge on any atom is 0.224 e. The minimum Gasteiger partial charge on any atom is -0.497 e. The highest BCUT2D eigenvalue weighted by Crippen LogP contribution is 2.30. The van der Waals surface area contributed by atoms with E-state index >= 15 is 0 Å². The standard InChI is InChI=1S/C23H33N3O3/c1-17-20(16-23(27)24-18-5-3-4-6-18)21-15-19(28-2)7-8-22(21)26(17)10-9-25-11-13-29-14-12-25/h7-8,15,18H,3-6,9-14,16H2,1-2H3,(H,24,27). The van der Waals surface area contributed by atoms with Gasteiger partial charge in [-0.05, 0) is 43.5 Å². The molecule has 1 aliphatic carbocycles. The van der Waals surface area contributed by atoms with Crippen molar-refractivity contribution in [2.75, 3.05) is 40.0 Å². The molecule has 29 heavy (non-hydrogen) atoms. The molecule has 0 atom stereocenters. The van der Waals surface area contributed by atoms with Gasteiger partial charge in [-0.15, -0.1) is 0 Å². The molecule has 1 saturated carbocycles. The molecule has 6 nitrogen and oxygen atoms in total. The predicted molar refractivity (Wildman–Crippen MR) is 115 cm³/mol. The maximum atomic E-state index is 12.8. The Balaban J connectivity index is 1.57. The van der Waals surface area contributed by atoms with Gasteiger partial charge in [0.2, 0.25) is 5.91 Å². The van der Waals surface area contributed by atoms with Crippen molar-refractivity contribution >= 4 is 16.8 Å². The molecular weight excluding hydrogens is 366 g/mol. The van der Waals surface area contributed by atoms with Crippen LogP contribution in [0.5, 0.6) is 5.75 Å². The molecule has 1 aromatic heterocycles. The number of hydrogen-bond donors (Lipinski definition) is 1. The second-order valence-electron chi connectivity index (χ2n) is 8.28. The number of ether oxygens (including phenoxy) is 2. The van der Waals surface area contributed by atoms with Gasteiger partial charge in [0.15, 0.2) is 0 Å². The number of carbonyl (C=O) groups excluding carboxylic acids is 1. The fraction of sp³-hybridized carbons (Fsp3) is 0.609. The summed E-state index contributed by atoms with van der Waals surface area (Å²) in [6, 6.07) is 6.56. The van der Waals surface area contributed by atoms with Gasteiger partial charge in [-0.25, -0.2) is 0 Å². The average Bonchev–Trinajstić information content (AvgIpc) is 3.34. The van der Waals surface area contributed by atoms with E-state index in [9.17, 15) is 4.79 Å². The zero-order valence-corrected chi connectivity index (χ0v) is 17.7. The van der Waals surface area contributed by atoms with Crippen LogP contribution >= 0.6 is 0 Å². The van der Waals surface area contributed by atoms with E-state index in [-0.39, 0.29) is 5.91 Å². The van der Waals surface area contributed by atoms with E-state index < -0.39 is 0 Å². The summed E-state index contributed by atoms with van der Waals surface area (Å²) in [7, 11) is 1.69. The van der Waals surface area contributed by atoms with Crippen LogP contribution in [-0.4, -0.2) is 61.4 Å². The Bertz CT molecular complexity index is 849. The number of carbonyl (C=O) groups is 1. The van der Waals surface area contributed by atoms with Gasteiger partial charge in [0, 0.05) is 48.8 Å². The monoisotopic (exact) mass is 399 g/mol. The van der Waals surface area contributed by atoms with E-state index in [0.29, 0.717) is 12.5 Å². The van der Waals surface area contributed by atoms with Gasteiger partial charge >= 0.3 is 0 Å². The molecule has 2 aliphatic rings. The van der Waals surface area contributed by atoms with Gasteiger partial charge in [0.25, 0.3) is 0 Å². The Morgan fingerprint density at radius 3 is 2.69 bits per heavy atom. The van der Waals surface area contributed by atoms with Crippen LogP contribution in [0.1, 0.15) is 36.9 Å². The van der Waals surface area contributed by atoms with Crippen LogP contribution in [0.15, 0.2) is 18.2 Å². The third-order valence-corrected chi connectivity index (χ3v) is 6.46. The van der Waals surface area contributed by atoms with Crippen LogP contribution in [0, 0.1) is 6.92 Å². The molecule has 0 spiro atoms. The molecule has 1 amide bonds. The number of amides is 1. The first-order valence-corrected chi connectivity index (χ1v) is 10.9. The Morgan fingerprint density at radius 2 is 1.97 bits per heavy atom. The van der Waals surface area contributed by atoms with Crippen molar-refractivity contribution in [2.24, 2.45) is 0 Å². The van der Waals surface area contributed by atoms with E-state index in [4.69, 9.17) is 9.47 Å². The minimum absolute atomic E-state index is 0.134. The second-order valence-corrected chi connectivity index (χ2v) is 8.28. The molecule has 1 saturated heterocycles. The van der Waals surface area contributed by atoms with E-state index in [0.717, 1.165) is 68.9 Å². The molecule has 4 rings (SSSR count). The van der Waals surface area contributed by atoms with Crippen LogP contribution in [-0.2, 0) is 22.5 Å². The van der Waals surface area contributed by atoms with Crippen LogP contribution in [0.25, 0.3) is 10.9 Å². The molecule has 0 bridgehead atoms. The number of benzene rings is 1. The Labute approximate surface area is 173 Å². The number of fused-ring (bicyclic) bond motifs is 1. The van der Waals surface area contributed by atoms with Crippen molar-refractivity contribution in [3.05, 3.63) is 29.5 Å². The van der Waals surface area contributed by atoms with Gasteiger partial charge in [0.05, 0.1) is 26.7 Å². The van der Waals surface area contributed by atoms with Gasteiger partial charge in [-0.3, -0.25) is 9.69 Å². The summed E-state index contributed by atoms with van der Waals surface area (Å²) in [6.45, 7) is 7.66. The summed E-state index contributed by atoms with van der Waals surface area (Å²) < 4.78 is 13.3. The number of aromatic nitrogens is 1. The molecular formula is C23H33N3O3. The van der Waals surface area contributed by atoms with Crippen molar-refractivity contribution in [2.45, 2.75) is 51.6 Å². The first-order valence-electron chi connectivity index (χ1n) is 10.9. The summed E-state index contributed by atoms with van der Waals surface area (Å²) in [5.74, 6) is 0.968. The molecule has 2 aromatic rings. The predicted octanol–water partition coefficient (Wildman–Crippen LogP) is 2.89. The van der Waals surface area contributed by atoms with E-state index in [2.05, 4.69) is 33.8 Å². The van der Waals surface area contributed by atoms with E-state index in [1.807, 2.05) is 6.07 Å². The van der Waals surface area contributed by atoms with Gasteiger partial charge < -0.3 is 19.4 Å². The number of nitrogens with one attached hydrogen (secondary N) is 1. The number of methoxy groups -OCH3 is 1. The van der Waals surface area contributed by atoms with Crippen LogP contribution < -0.4 is 10.1 Å². The van der Waals surface area contributed by atoms with Crippen molar-refractivity contribution in [1.82, 2.24) is 14.8 Å². The maximum absolute atomic E-state index is 12.8. The highest BCUT2D eigenvalue weighted by molar-refractivity contribution is 5.91. The average molecular weight is 400 g/mol. The molecule has 2 heterocycles. The molecule has 0 unspecified atom stereocenters. The molecule has 6 heteroatoms. The van der Waals surface area contributed by atoms with Crippen LogP contribution in [0.2, 0.25) is 0 Å². The second kappa shape index (κ2) is 9.18. The largest absolute Gasteiger partial charge is 0.497 e. The fourth-order valence-electron chi connectivity index (χ4n) is 4.74. The summed E-state index contributed by atoms with van der Waals surface area (Å²) in [5, 5.41) is 4.37. The highest BCUT2D eigenvalue weighted by Gasteiger charge is 2.21. The first-order chi connectivity index (χ1) is 14.2. The van der Waals surface area contributed by atoms with Crippen LogP contribution in [0.3, 0.4) is 0 Å². The Kier molecular flexibility index (Phi) is 6.40. The SMILES string of the molecule is COc1ccc2c(c1)c(CC(=O)NC1CCCC1)c(C)n2CCN1CCOCC1. The molecule has 2 fully saturated rings. The van der Waals surface area contributed by atoms with Crippen molar-refractivity contribution in [3.8, 4) is 5.75 Å². The lowest BCUT2D eigenvalue weighted by molar-refractivity contribution is -0.121. The van der Waals surface area contributed by atoms with Crippen molar-refractivity contribution in [3.63, 3.8) is 0 Å². The summed E-state index contributed by atoms with van der Waals surface area (Å²) >= 11 is 0. The third kappa shape index (κ3) is 4.59. The number of morpholine rings is 1. The Morgan fingerprint density at radius 1 is 1.21 bits per heavy atom. The molecule has 0 radical (unpaired) electrons. The van der Waals surface area contributed by atoms with Gasteiger partial charge in [-0.2, -0.15) is 0 Å². The van der Waals surface area contributed by atoms with Crippen molar-refractivity contribution < 1.29 is 14.3 Å². The summed E-state index contributed by atoms with van der Waals surface area (Å²) in [4.78, 5) is 15.2. The van der Waals surface area contributed by atoms with E-state index in [1.165, 1.54) is 24.1 Å². The molecule has 158 valence electrons. The van der Waals surface area contributed by atoms with Gasteiger partial charge in [0.1, 0.15) is 5.75 Å². The number of nitrogens with zero attached hydrogens (tertiary/aromatic N) is 2.